The van der Waals surface area contributed by atoms with Crippen LogP contribution in [0.3, 0.4) is 0 Å². The smallest absolute Gasteiger partial charge is 0.289 e. The molecule has 0 aliphatic rings. The monoisotopic (exact) mass is 307 g/mol. The molecular formula is C17H17N5O. The van der Waals surface area contributed by atoms with Gasteiger partial charge in [-0.25, -0.2) is 5.43 Å². The number of aryl methyl sites for hydroxylation is 2. The minimum atomic E-state index is -0.332. The second kappa shape index (κ2) is 6.31. The van der Waals surface area contributed by atoms with Crippen molar-refractivity contribution in [3.05, 3.63) is 65.5 Å². The number of aromatic nitrogens is 3. The van der Waals surface area contributed by atoms with Gasteiger partial charge in [0, 0.05) is 13.2 Å². The molecule has 0 radical (unpaired) electrons. The third-order valence-electron chi connectivity index (χ3n) is 3.49. The van der Waals surface area contributed by atoms with Crippen LogP contribution in [0.5, 0.6) is 0 Å². The number of carbonyl (C=O) groups excluding carboxylic acids is 1. The van der Waals surface area contributed by atoms with Crippen LogP contribution in [-0.2, 0) is 7.05 Å². The largest absolute Gasteiger partial charge is 0.349 e. The third-order valence-corrected chi connectivity index (χ3v) is 3.49. The fourth-order valence-electron chi connectivity index (χ4n) is 2.17. The van der Waals surface area contributed by atoms with Crippen molar-refractivity contribution in [2.24, 2.45) is 12.1 Å². The van der Waals surface area contributed by atoms with Gasteiger partial charge in [-0.3, -0.25) is 9.89 Å². The molecule has 1 amide bonds. The molecule has 0 unspecified atom stereocenters. The van der Waals surface area contributed by atoms with E-state index in [0.717, 1.165) is 11.3 Å². The molecule has 1 aromatic carbocycles. The summed E-state index contributed by atoms with van der Waals surface area (Å²) in [5.41, 5.74) is 6.60. The number of rotatable bonds is 4. The molecule has 0 aliphatic heterocycles. The number of H-pyrrole nitrogens is 1. The summed E-state index contributed by atoms with van der Waals surface area (Å²) in [7, 11) is 1.93. The summed E-state index contributed by atoms with van der Waals surface area (Å²) < 4.78 is 1.94. The Morgan fingerprint density at radius 3 is 2.78 bits per heavy atom. The summed E-state index contributed by atoms with van der Waals surface area (Å²) in [5, 5.41) is 10.8. The average Bonchev–Trinajstić information content (AvgIpc) is 3.17. The van der Waals surface area contributed by atoms with Crippen molar-refractivity contribution in [1.29, 1.82) is 0 Å². The maximum Gasteiger partial charge on any atom is 0.289 e. The zero-order valence-corrected chi connectivity index (χ0v) is 12.9. The first-order valence-electron chi connectivity index (χ1n) is 7.20. The van der Waals surface area contributed by atoms with Crippen LogP contribution in [0.1, 0.15) is 21.6 Å². The Kier molecular flexibility index (Phi) is 4.05. The molecule has 3 rings (SSSR count). The molecule has 2 heterocycles. The van der Waals surface area contributed by atoms with E-state index in [4.69, 9.17) is 0 Å². The Labute approximate surface area is 133 Å². The van der Waals surface area contributed by atoms with Crippen molar-refractivity contribution in [2.45, 2.75) is 6.92 Å². The van der Waals surface area contributed by atoms with E-state index < -0.39 is 0 Å². The lowest BCUT2D eigenvalue weighted by molar-refractivity contribution is 0.0950. The second-order valence-corrected chi connectivity index (χ2v) is 5.28. The van der Waals surface area contributed by atoms with Gasteiger partial charge in [-0.15, -0.1) is 0 Å². The van der Waals surface area contributed by atoms with E-state index in [1.165, 1.54) is 5.56 Å². The fourth-order valence-corrected chi connectivity index (χ4v) is 2.17. The van der Waals surface area contributed by atoms with Crippen LogP contribution < -0.4 is 5.43 Å². The van der Waals surface area contributed by atoms with Crippen LogP contribution in [0.15, 0.2) is 53.8 Å². The molecule has 0 fully saturated rings. The first-order chi connectivity index (χ1) is 11.1. The van der Waals surface area contributed by atoms with E-state index in [0.29, 0.717) is 11.4 Å². The molecule has 0 aliphatic carbocycles. The van der Waals surface area contributed by atoms with Crippen LogP contribution >= 0.6 is 0 Å². The molecule has 2 N–H and O–H groups in total. The summed E-state index contributed by atoms with van der Waals surface area (Å²) in [6.45, 7) is 2.02. The summed E-state index contributed by atoms with van der Waals surface area (Å²) in [6.07, 6.45) is 3.53. The molecular weight excluding hydrogens is 290 g/mol. The number of hydrazone groups is 1. The summed E-state index contributed by atoms with van der Waals surface area (Å²) in [5.74, 6) is -0.332. The predicted molar refractivity (Wildman–Crippen MR) is 89.2 cm³/mol. The van der Waals surface area contributed by atoms with Crippen LogP contribution in [0.2, 0.25) is 0 Å². The van der Waals surface area contributed by atoms with Gasteiger partial charge in [0.1, 0.15) is 11.4 Å². The van der Waals surface area contributed by atoms with Crippen LogP contribution in [0.25, 0.3) is 11.4 Å². The zero-order valence-electron chi connectivity index (χ0n) is 12.9. The Balaban J connectivity index is 1.66. The Bertz CT molecular complexity index is 842. The standard InChI is InChI=1S/C17H17N5O/c1-12-5-7-13(8-6-12)11-18-21-17(23)15-10-14(19-20-15)16-4-3-9-22(16)2/h3-11H,1-2H3,(H,19,20)(H,21,23)/b18-11-. The molecule has 23 heavy (non-hydrogen) atoms. The number of hydrogen-bond acceptors (Lipinski definition) is 3. The van der Waals surface area contributed by atoms with Crippen molar-refractivity contribution in [1.82, 2.24) is 20.2 Å². The molecule has 2 aromatic heterocycles. The van der Waals surface area contributed by atoms with Gasteiger partial charge < -0.3 is 4.57 Å². The van der Waals surface area contributed by atoms with Crippen molar-refractivity contribution in [3.63, 3.8) is 0 Å². The van der Waals surface area contributed by atoms with E-state index in [1.807, 2.05) is 61.1 Å². The van der Waals surface area contributed by atoms with Crippen LogP contribution in [0.4, 0.5) is 0 Å². The summed E-state index contributed by atoms with van der Waals surface area (Å²) in [6, 6.07) is 13.4. The first-order valence-corrected chi connectivity index (χ1v) is 7.20. The van der Waals surface area contributed by atoms with Gasteiger partial charge in [0.05, 0.1) is 11.9 Å². The maximum absolute atomic E-state index is 12.1. The highest BCUT2D eigenvalue weighted by Crippen LogP contribution is 2.17. The SMILES string of the molecule is Cc1ccc(/C=N\NC(=O)c2cc(-c3cccn3C)n[nH]2)cc1. The van der Waals surface area contributed by atoms with Crippen molar-refractivity contribution < 1.29 is 4.79 Å². The topological polar surface area (TPSA) is 75.1 Å². The molecule has 0 bridgehead atoms. The molecule has 0 saturated heterocycles. The minimum absolute atomic E-state index is 0.332. The average molecular weight is 307 g/mol. The van der Waals surface area contributed by atoms with Gasteiger partial charge in [0.15, 0.2) is 0 Å². The van der Waals surface area contributed by atoms with Crippen LogP contribution in [0, 0.1) is 6.92 Å². The highest BCUT2D eigenvalue weighted by atomic mass is 16.2. The van der Waals surface area contributed by atoms with Gasteiger partial charge in [-0.1, -0.05) is 29.8 Å². The molecule has 116 valence electrons. The lowest BCUT2D eigenvalue weighted by atomic mass is 10.2. The molecule has 3 aromatic rings. The number of nitrogens with one attached hydrogen (secondary N) is 2. The lowest BCUT2D eigenvalue weighted by Gasteiger charge is -1.97. The number of amides is 1. The fraction of sp³-hybridized carbons (Fsp3) is 0.118. The highest BCUT2D eigenvalue weighted by molar-refractivity contribution is 5.94. The van der Waals surface area contributed by atoms with E-state index in [9.17, 15) is 4.79 Å². The number of nitrogens with zero attached hydrogens (tertiary/aromatic N) is 3. The lowest BCUT2D eigenvalue weighted by Crippen LogP contribution is -2.17. The molecule has 6 heteroatoms. The van der Waals surface area contributed by atoms with Crippen molar-refractivity contribution >= 4 is 12.1 Å². The Hall–Kier alpha value is -3.15. The highest BCUT2D eigenvalue weighted by Gasteiger charge is 2.11. The zero-order chi connectivity index (χ0) is 16.2. The van der Waals surface area contributed by atoms with E-state index in [2.05, 4.69) is 20.7 Å². The molecule has 6 nitrogen and oxygen atoms in total. The molecule has 0 spiro atoms. The first kappa shape index (κ1) is 14.8. The Morgan fingerprint density at radius 2 is 2.09 bits per heavy atom. The summed E-state index contributed by atoms with van der Waals surface area (Å²) in [4.78, 5) is 12.1. The van der Waals surface area contributed by atoms with Crippen molar-refractivity contribution in [3.8, 4) is 11.4 Å². The number of aromatic amines is 1. The van der Waals surface area contributed by atoms with Gasteiger partial charge in [-0.2, -0.15) is 10.2 Å². The van der Waals surface area contributed by atoms with E-state index >= 15 is 0 Å². The van der Waals surface area contributed by atoms with Gasteiger partial charge in [0.25, 0.3) is 5.91 Å². The van der Waals surface area contributed by atoms with E-state index in [1.54, 1.807) is 12.3 Å². The van der Waals surface area contributed by atoms with Gasteiger partial charge >= 0.3 is 0 Å². The van der Waals surface area contributed by atoms with Crippen molar-refractivity contribution in [2.75, 3.05) is 0 Å². The molecule has 0 saturated carbocycles. The number of carbonyl (C=O) groups is 1. The third kappa shape index (κ3) is 3.37. The second-order valence-electron chi connectivity index (χ2n) is 5.28. The van der Waals surface area contributed by atoms with E-state index in [-0.39, 0.29) is 5.91 Å². The maximum atomic E-state index is 12.1. The summed E-state index contributed by atoms with van der Waals surface area (Å²) >= 11 is 0. The molecule has 0 atom stereocenters. The van der Waals surface area contributed by atoms with Gasteiger partial charge in [0.2, 0.25) is 0 Å². The number of benzene rings is 1. The van der Waals surface area contributed by atoms with Gasteiger partial charge in [-0.05, 0) is 30.7 Å². The minimum Gasteiger partial charge on any atom is -0.349 e. The quantitative estimate of drug-likeness (QED) is 0.574. The number of hydrogen-bond donors (Lipinski definition) is 2. The predicted octanol–water partition coefficient (Wildman–Crippen LogP) is 2.49. The Morgan fingerprint density at radius 1 is 1.30 bits per heavy atom. The normalized spacial score (nSPS) is 11.0. The van der Waals surface area contributed by atoms with Crippen LogP contribution in [-0.4, -0.2) is 26.9 Å².